The van der Waals surface area contributed by atoms with Crippen LogP contribution < -0.4 is 0 Å². The number of carbonyl (C=O) groups excluding carboxylic acids is 2. The zero-order chi connectivity index (χ0) is 20.6. The van der Waals surface area contributed by atoms with Gasteiger partial charge in [-0.2, -0.15) is 0 Å². The van der Waals surface area contributed by atoms with Crippen molar-refractivity contribution in [2.75, 3.05) is 25.8 Å². The van der Waals surface area contributed by atoms with Crippen LogP contribution in [-0.4, -0.2) is 48.3 Å². The number of rotatable bonds is 10. The van der Waals surface area contributed by atoms with Crippen molar-refractivity contribution in [3.8, 4) is 0 Å². The van der Waals surface area contributed by atoms with E-state index in [0.717, 1.165) is 24.8 Å². The van der Waals surface area contributed by atoms with E-state index in [1.165, 1.54) is 4.90 Å². The second-order valence-electron chi connectivity index (χ2n) is 8.25. The molecule has 2 rings (SSSR count). The third-order valence-electron chi connectivity index (χ3n) is 4.55. The van der Waals surface area contributed by atoms with Gasteiger partial charge in [0, 0.05) is 13.2 Å². The van der Waals surface area contributed by atoms with Gasteiger partial charge in [0.25, 0.3) is 0 Å². The smallest absolute Gasteiger partial charge is 0.411 e. The fourth-order valence-corrected chi connectivity index (χ4v) is 3.07. The maximum absolute atomic E-state index is 12.2. The molecule has 28 heavy (non-hydrogen) atoms. The average molecular weight is 412 g/mol. The van der Waals surface area contributed by atoms with Crippen molar-refractivity contribution in [2.45, 2.75) is 52.2 Å². The Morgan fingerprint density at radius 2 is 1.86 bits per heavy atom. The zero-order valence-corrected chi connectivity index (χ0v) is 17.7. The van der Waals surface area contributed by atoms with E-state index in [2.05, 4.69) is 0 Å². The van der Waals surface area contributed by atoms with Crippen molar-refractivity contribution >= 4 is 23.7 Å². The van der Waals surface area contributed by atoms with E-state index in [1.807, 2.05) is 30.3 Å². The van der Waals surface area contributed by atoms with Gasteiger partial charge in [-0.05, 0) is 51.0 Å². The predicted octanol–water partition coefficient (Wildman–Crippen LogP) is 4.35. The maximum Gasteiger partial charge on any atom is 0.411 e. The van der Waals surface area contributed by atoms with E-state index in [1.54, 1.807) is 20.8 Å². The molecule has 0 radical (unpaired) electrons. The third kappa shape index (κ3) is 8.07. The molecule has 0 aromatic heterocycles. The minimum Gasteiger partial charge on any atom is -0.459 e. The molecule has 0 unspecified atom stereocenters. The van der Waals surface area contributed by atoms with Gasteiger partial charge in [-0.3, -0.25) is 9.69 Å². The highest BCUT2D eigenvalue weighted by Gasteiger charge is 2.45. The lowest BCUT2D eigenvalue weighted by Gasteiger charge is -2.27. The molecular weight excluding hydrogens is 382 g/mol. The van der Waals surface area contributed by atoms with Gasteiger partial charge in [0.05, 0.1) is 6.61 Å². The van der Waals surface area contributed by atoms with Crippen LogP contribution in [0.3, 0.4) is 0 Å². The Hall–Kier alpha value is -1.79. The van der Waals surface area contributed by atoms with Crippen LogP contribution in [0.25, 0.3) is 0 Å². The first-order valence-electron chi connectivity index (χ1n) is 9.54. The second-order valence-corrected chi connectivity index (χ2v) is 8.47. The molecule has 1 aromatic rings. The zero-order valence-electron chi connectivity index (χ0n) is 16.9. The van der Waals surface area contributed by atoms with Crippen LogP contribution in [0, 0.1) is 5.41 Å². The maximum atomic E-state index is 12.2. The Labute approximate surface area is 172 Å². The molecule has 0 spiro atoms. The van der Waals surface area contributed by atoms with Gasteiger partial charge in [-0.25, -0.2) is 4.79 Å². The fraction of sp³-hybridized carbons (Fsp3) is 0.619. The first-order valence-corrected chi connectivity index (χ1v) is 10.1. The first-order chi connectivity index (χ1) is 13.2. The van der Waals surface area contributed by atoms with Crippen molar-refractivity contribution < 1.29 is 23.8 Å². The lowest BCUT2D eigenvalue weighted by Crippen LogP contribution is -2.42. The molecule has 6 nitrogen and oxygen atoms in total. The number of hydrogen-bond acceptors (Lipinski definition) is 5. The number of halogens is 1. The number of esters is 1. The summed E-state index contributed by atoms with van der Waals surface area (Å²) in [6.07, 6.45) is 2.19. The summed E-state index contributed by atoms with van der Waals surface area (Å²) in [4.78, 5) is 25.8. The number of nitrogens with zero attached hydrogens (tertiary/aromatic N) is 1. The molecule has 0 aliphatic heterocycles. The molecule has 7 heteroatoms. The van der Waals surface area contributed by atoms with Crippen LogP contribution >= 0.6 is 11.6 Å². The minimum atomic E-state index is -0.609. The lowest BCUT2D eigenvalue weighted by molar-refractivity contribution is -0.155. The quantitative estimate of drug-likeness (QED) is 0.325. The topological polar surface area (TPSA) is 65.1 Å². The van der Waals surface area contributed by atoms with Gasteiger partial charge in [0.15, 0.2) is 6.07 Å². The summed E-state index contributed by atoms with van der Waals surface area (Å²) < 4.78 is 16.0. The van der Waals surface area contributed by atoms with E-state index >= 15 is 0 Å². The standard InChI is InChI=1S/C21H30ClNO5/c1-20(2,3)28-18(24)13-23(19(25)27-16-22)15-21(9-10-21)11-12-26-14-17-7-5-4-6-8-17/h4-8H,9-16H2,1-3H3. The van der Waals surface area contributed by atoms with Crippen molar-refractivity contribution in [3.05, 3.63) is 35.9 Å². The Bertz CT molecular complexity index is 640. The fourth-order valence-electron chi connectivity index (χ4n) is 2.97. The molecule has 1 aliphatic rings. The summed E-state index contributed by atoms with van der Waals surface area (Å²) in [6, 6.07) is 9.74. The number of amides is 1. The second kappa shape index (κ2) is 10.1. The van der Waals surface area contributed by atoms with Crippen LogP contribution in [0.1, 0.15) is 45.6 Å². The number of carbonyl (C=O) groups is 2. The van der Waals surface area contributed by atoms with Crippen molar-refractivity contribution in [2.24, 2.45) is 5.41 Å². The molecule has 1 fully saturated rings. The Balaban J connectivity index is 1.85. The van der Waals surface area contributed by atoms with Crippen molar-refractivity contribution in [1.82, 2.24) is 4.90 Å². The van der Waals surface area contributed by atoms with Gasteiger partial charge < -0.3 is 14.2 Å². The third-order valence-corrected chi connectivity index (χ3v) is 4.66. The molecule has 1 aliphatic carbocycles. The lowest BCUT2D eigenvalue weighted by atomic mass is 10.0. The summed E-state index contributed by atoms with van der Waals surface area (Å²) >= 11 is 5.53. The van der Waals surface area contributed by atoms with Gasteiger partial charge >= 0.3 is 12.1 Å². The number of alkyl halides is 1. The Kier molecular flexibility index (Phi) is 8.13. The van der Waals surface area contributed by atoms with Gasteiger partial charge in [-0.15, -0.1) is 0 Å². The van der Waals surface area contributed by atoms with E-state index < -0.39 is 17.7 Å². The predicted molar refractivity (Wildman–Crippen MR) is 107 cm³/mol. The van der Waals surface area contributed by atoms with Crippen molar-refractivity contribution in [3.63, 3.8) is 0 Å². The van der Waals surface area contributed by atoms with Crippen LogP contribution in [0.2, 0.25) is 0 Å². The molecular formula is C21H30ClNO5. The first kappa shape index (κ1) is 22.5. The summed E-state index contributed by atoms with van der Waals surface area (Å²) in [5, 5.41) is 0. The molecule has 0 atom stereocenters. The van der Waals surface area contributed by atoms with E-state index in [9.17, 15) is 9.59 Å². The normalized spacial score (nSPS) is 15.0. The number of benzene rings is 1. The van der Waals surface area contributed by atoms with Crippen molar-refractivity contribution in [1.29, 1.82) is 0 Å². The van der Waals surface area contributed by atoms with E-state index in [-0.39, 0.29) is 18.0 Å². The van der Waals surface area contributed by atoms with Gasteiger partial charge in [-0.1, -0.05) is 41.9 Å². The summed E-state index contributed by atoms with van der Waals surface area (Å²) in [5.41, 5.74) is 0.482. The van der Waals surface area contributed by atoms with Crippen LogP contribution in [0.4, 0.5) is 4.79 Å². The van der Waals surface area contributed by atoms with Crippen LogP contribution in [-0.2, 0) is 25.6 Å². The molecule has 0 heterocycles. The SMILES string of the molecule is CC(C)(C)OC(=O)CN(CC1(CCOCc2ccccc2)CC1)C(=O)OCCl. The molecule has 0 saturated heterocycles. The van der Waals surface area contributed by atoms with E-state index in [0.29, 0.717) is 19.8 Å². The van der Waals surface area contributed by atoms with Crippen LogP contribution in [0.15, 0.2) is 30.3 Å². The molecule has 156 valence electrons. The molecule has 1 aromatic carbocycles. The monoisotopic (exact) mass is 411 g/mol. The minimum absolute atomic E-state index is 0.0377. The molecule has 0 bridgehead atoms. The highest BCUT2D eigenvalue weighted by atomic mass is 35.5. The average Bonchev–Trinajstić information content (AvgIpc) is 3.37. The highest BCUT2D eigenvalue weighted by Crippen LogP contribution is 2.49. The number of ether oxygens (including phenoxy) is 3. The Morgan fingerprint density at radius 3 is 2.43 bits per heavy atom. The summed E-state index contributed by atoms with van der Waals surface area (Å²) in [6.45, 7) is 6.80. The van der Waals surface area contributed by atoms with Gasteiger partial charge in [0.1, 0.15) is 12.1 Å². The molecule has 1 amide bonds. The largest absolute Gasteiger partial charge is 0.459 e. The summed E-state index contributed by atoms with van der Waals surface area (Å²) in [5.74, 6) is -0.463. The van der Waals surface area contributed by atoms with Crippen LogP contribution in [0.5, 0.6) is 0 Å². The summed E-state index contributed by atoms with van der Waals surface area (Å²) in [7, 11) is 0. The Morgan fingerprint density at radius 1 is 1.18 bits per heavy atom. The molecule has 1 saturated carbocycles. The highest BCUT2D eigenvalue weighted by molar-refractivity contribution is 6.17. The molecule has 0 N–H and O–H groups in total. The van der Waals surface area contributed by atoms with Gasteiger partial charge in [0.2, 0.25) is 0 Å². The van der Waals surface area contributed by atoms with E-state index in [4.69, 9.17) is 25.8 Å². The number of hydrogen-bond donors (Lipinski definition) is 0.